The van der Waals surface area contributed by atoms with Gasteiger partial charge in [0.05, 0.1) is 11.5 Å². The number of rotatable bonds is 6. The summed E-state index contributed by atoms with van der Waals surface area (Å²) in [5, 5.41) is 4.97. The molecule has 0 saturated carbocycles. The van der Waals surface area contributed by atoms with Crippen LogP contribution in [-0.2, 0) is 4.74 Å². The third kappa shape index (κ3) is 3.78. The molecule has 1 N–H and O–H groups in total. The number of likely N-dealkylation sites (tertiary alicyclic amines) is 1. The molecule has 32 heavy (non-hydrogen) atoms. The number of hydrogen-bond acceptors (Lipinski definition) is 5. The number of amides is 2. The van der Waals surface area contributed by atoms with Gasteiger partial charge in [-0.2, -0.15) is 0 Å². The van der Waals surface area contributed by atoms with Gasteiger partial charge in [-0.25, -0.2) is 0 Å². The number of nitrogens with zero attached hydrogens (tertiary/aromatic N) is 1. The summed E-state index contributed by atoms with van der Waals surface area (Å²) in [5.74, 6) is 0.275. The Balaban J connectivity index is 1.41. The molecule has 1 saturated heterocycles. The number of carbonyl (C=O) groups is 2. The second-order valence-corrected chi connectivity index (χ2v) is 9.03. The zero-order valence-corrected chi connectivity index (χ0v) is 18.6. The van der Waals surface area contributed by atoms with Gasteiger partial charge in [0.25, 0.3) is 11.8 Å². The quantitative estimate of drug-likeness (QED) is 0.436. The highest BCUT2D eigenvalue weighted by molar-refractivity contribution is 7.21. The van der Waals surface area contributed by atoms with E-state index < -0.39 is 0 Å². The lowest BCUT2D eigenvalue weighted by Gasteiger charge is -2.16. The number of hydrogen-bond donors (Lipinski definition) is 1. The van der Waals surface area contributed by atoms with E-state index in [1.807, 2.05) is 47.4 Å². The first-order chi connectivity index (χ1) is 15.7. The smallest absolute Gasteiger partial charge is 0.289 e. The summed E-state index contributed by atoms with van der Waals surface area (Å²) in [6.45, 7) is 2.13. The van der Waals surface area contributed by atoms with Crippen LogP contribution in [0.4, 0.5) is 0 Å². The molecule has 0 bridgehead atoms. The van der Waals surface area contributed by atoms with E-state index in [1.165, 1.54) is 11.3 Å². The molecule has 0 radical (unpaired) electrons. The Morgan fingerprint density at radius 1 is 1.19 bits per heavy atom. The maximum absolute atomic E-state index is 13.1. The van der Waals surface area contributed by atoms with Crippen molar-refractivity contribution in [2.45, 2.75) is 12.3 Å². The lowest BCUT2D eigenvalue weighted by molar-refractivity contribution is 0.0761. The molecule has 0 aliphatic carbocycles. The summed E-state index contributed by atoms with van der Waals surface area (Å²) in [6, 6.07) is 17.5. The number of thiophene rings is 1. The molecule has 1 fully saturated rings. The van der Waals surface area contributed by atoms with Crippen LogP contribution >= 0.6 is 11.3 Å². The van der Waals surface area contributed by atoms with Crippen LogP contribution in [0, 0.1) is 0 Å². The maximum Gasteiger partial charge on any atom is 0.289 e. The largest absolute Gasteiger partial charge is 0.451 e. The number of ether oxygens (including phenoxy) is 1. The van der Waals surface area contributed by atoms with Gasteiger partial charge in [-0.1, -0.05) is 36.4 Å². The minimum absolute atomic E-state index is 0.0830. The van der Waals surface area contributed by atoms with Crippen molar-refractivity contribution in [2.24, 2.45) is 0 Å². The molecule has 0 spiro atoms. The van der Waals surface area contributed by atoms with E-state index >= 15 is 0 Å². The van der Waals surface area contributed by atoms with Gasteiger partial charge < -0.3 is 19.4 Å². The molecule has 5 rings (SSSR count). The summed E-state index contributed by atoms with van der Waals surface area (Å²) in [5.41, 5.74) is 1.76. The fraction of sp³-hybridized carbons (Fsp3) is 0.280. The van der Waals surface area contributed by atoms with Gasteiger partial charge in [-0.3, -0.25) is 9.59 Å². The van der Waals surface area contributed by atoms with E-state index in [0.29, 0.717) is 37.6 Å². The molecule has 6 nitrogen and oxygen atoms in total. The maximum atomic E-state index is 13.1. The zero-order valence-electron chi connectivity index (χ0n) is 17.8. The van der Waals surface area contributed by atoms with Crippen LogP contribution in [0.3, 0.4) is 0 Å². The minimum Gasteiger partial charge on any atom is -0.451 e. The predicted octanol–water partition coefficient (Wildman–Crippen LogP) is 4.65. The van der Waals surface area contributed by atoms with E-state index in [9.17, 15) is 9.59 Å². The standard InChI is InChI=1S/C25H24N2O4S/c1-30-13-11-26-24(28)23-22(18-7-3-5-9-21(18)32-23)17-10-12-27(15-17)25(29)20-14-16-6-2-4-8-19(16)31-20/h2-9,14,17H,10-13,15H2,1H3,(H,26,28)/t17-/m0/s1. The fourth-order valence-corrected chi connectivity index (χ4v) is 5.62. The van der Waals surface area contributed by atoms with Gasteiger partial charge >= 0.3 is 0 Å². The predicted molar refractivity (Wildman–Crippen MR) is 126 cm³/mol. The average Bonchev–Trinajstić information content (AvgIpc) is 3.54. The summed E-state index contributed by atoms with van der Waals surface area (Å²) < 4.78 is 11.9. The van der Waals surface area contributed by atoms with Gasteiger partial charge in [0, 0.05) is 42.7 Å². The number of nitrogens with one attached hydrogen (secondary N) is 1. The Kier molecular flexibility index (Phi) is 5.68. The third-order valence-electron chi connectivity index (χ3n) is 5.95. The molecule has 2 aromatic carbocycles. The fourth-order valence-electron chi connectivity index (χ4n) is 4.41. The molecule has 7 heteroatoms. The topological polar surface area (TPSA) is 71.8 Å². The highest BCUT2D eigenvalue weighted by Crippen LogP contribution is 2.40. The summed E-state index contributed by atoms with van der Waals surface area (Å²) in [6.07, 6.45) is 0.811. The van der Waals surface area contributed by atoms with E-state index in [1.54, 1.807) is 13.2 Å². The van der Waals surface area contributed by atoms with Crippen LogP contribution in [0.25, 0.3) is 21.1 Å². The molecule has 1 atom stereocenters. The van der Waals surface area contributed by atoms with Crippen molar-refractivity contribution in [1.82, 2.24) is 10.2 Å². The molecule has 164 valence electrons. The molecule has 2 aromatic heterocycles. The Morgan fingerprint density at radius 3 is 2.84 bits per heavy atom. The van der Waals surface area contributed by atoms with Crippen LogP contribution in [0.2, 0.25) is 0 Å². The Hall–Kier alpha value is -3.16. The lowest BCUT2D eigenvalue weighted by atomic mass is 9.95. The van der Waals surface area contributed by atoms with Crippen molar-refractivity contribution in [3.63, 3.8) is 0 Å². The van der Waals surface area contributed by atoms with Crippen LogP contribution in [0.5, 0.6) is 0 Å². The van der Waals surface area contributed by atoms with Crippen LogP contribution in [0.15, 0.2) is 59.0 Å². The van der Waals surface area contributed by atoms with Crippen molar-refractivity contribution in [2.75, 3.05) is 33.4 Å². The van der Waals surface area contributed by atoms with E-state index in [-0.39, 0.29) is 17.7 Å². The summed E-state index contributed by atoms with van der Waals surface area (Å²) in [4.78, 5) is 28.6. The normalized spacial score (nSPS) is 16.2. The molecule has 3 heterocycles. The minimum atomic E-state index is -0.102. The molecular weight excluding hydrogens is 424 g/mol. The number of benzene rings is 2. The first kappa shape index (κ1) is 20.7. The highest BCUT2D eigenvalue weighted by atomic mass is 32.1. The Bertz CT molecular complexity index is 1260. The van der Waals surface area contributed by atoms with E-state index in [4.69, 9.17) is 9.15 Å². The van der Waals surface area contributed by atoms with Crippen LogP contribution in [-0.4, -0.2) is 50.1 Å². The average molecular weight is 449 g/mol. The lowest BCUT2D eigenvalue weighted by Crippen LogP contribution is -2.29. The van der Waals surface area contributed by atoms with Crippen LogP contribution < -0.4 is 5.32 Å². The van der Waals surface area contributed by atoms with Crippen molar-refractivity contribution in [3.05, 3.63) is 70.8 Å². The molecule has 0 unspecified atom stereocenters. The van der Waals surface area contributed by atoms with Crippen molar-refractivity contribution in [1.29, 1.82) is 0 Å². The number of carbonyl (C=O) groups excluding carboxylic acids is 2. The number of furan rings is 1. The van der Waals surface area contributed by atoms with Crippen molar-refractivity contribution >= 4 is 44.2 Å². The summed E-state index contributed by atoms with van der Waals surface area (Å²) >= 11 is 1.51. The third-order valence-corrected chi connectivity index (χ3v) is 7.14. The Labute approximate surface area is 189 Å². The first-order valence-corrected chi connectivity index (χ1v) is 11.5. The van der Waals surface area contributed by atoms with Gasteiger partial charge in [0.2, 0.25) is 0 Å². The monoisotopic (exact) mass is 448 g/mol. The number of methoxy groups -OCH3 is 1. The van der Waals surface area contributed by atoms with Crippen LogP contribution in [0.1, 0.15) is 38.1 Å². The molecular formula is C25H24N2O4S. The van der Waals surface area contributed by atoms with Crippen molar-refractivity contribution < 1.29 is 18.7 Å². The van der Waals surface area contributed by atoms with E-state index in [2.05, 4.69) is 11.4 Å². The second kappa shape index (κ2) is 8.76. The van der Waals surface area contributed by atoms with Gasteiger partial charge in [0.15, 0.2) is 5.76 Å². The summed E-state index contributed by atoms with van der Waals surface area (Å²) in [7, 11) is 1.61. The zero-order chi connectivity index (χ0) is 22.1. The Morgan fingerprint density at radius 2 is 2.00 bits per heavy atom. The molecule has 1 aliphatic heterocycles. The molecule has 4 aromatic rings. The number of para-hydroxylation sites is 1. The highest BCUT2D eigenvalue weighted by Gasteiger charge is 2.33. The SMILES string of the molecule is COCCNC(=O)c1sc2ccccc2c1[C@H]1CCN(C(=O)c2cc3ccccc3o2)C1. The molecule has 2 amide bonds. The van der Waals surface area contributed by atoms with E-state index in [0.717, 1.165) is 32.3 Å². The number of fused-ring (bicyclic) bond motifs is 2. The first-order valence-electron chi connectivity index (χ1n) is 10.7. The van der Waals surface area contributed by atoms with Gasteiger partial charge in [-0.05, 0) is 35.6 Å². The van der Waals surface area contributed by atoms with Crippen molar-refractivity contribution in [3.8, 4) is 0 Å². The second-order valence-electron chi connectivity index (χ2n) is 7.97. The van der Waals surface area contributed by atoms with Gasteiger partial charge in [0.1, 0.15) is 5.58 Å². The molecule has 1 aliphatic rings. The van der Waals surface area contributed by atoms with Gasteiger partial charge in [-0.15, -0.1) is 11.3 Å².